The van der Waals surface area contributed by atoms with Crippen LogP contribution in [0.2, 0.25) is 0 Å². The molecule has 0 unspecified atom stereocenters. The van der Waals surface area contributed by atoms with Crippen LogP contribution in [0.5, 0.6) is 0 Å². The molecule has 0 amide bonds. The maximum absolute atomic E-state index is 9.49. The molecule has 0 atom stereocenters. The summed E-state index contributed by atoms with van der Waals surface area (Å²) < 4.78 is 0. The van der Waals surface area contributed by atoms with E-state index in [0.717, 1.165) is 0 Å². The monoisotopic (exact) mass is 186 g/mol. The molecule has 60 valence electrons. The number of hydrogen-bond donors (Lipinski definition) is 0. The van der Waals surface area contributed by atoms with E-state index in [1.54, 1.807) is 9.77 Å². The Bertz CT molecular complexity index is 114. The quantitative estimate of drug-likeness (QED) is 0.309. The van der Waals surface area contributed by atoms with Crippen molar-refractivity contribution >= 4 is 16.2 Å². The lowest BCUT2D eigenvalue weighted by atomic mass is 13.2. The van der Waals surface area contributed by atoms with Crippen molar-refractivity contribution in [3.05, 3.63) is 0 Å². The third-order valence-corrected chi connectivity index (χ3v) is 1.02. The van der Waals surface area contributed by atoms with Crippen LogP contribution in [0.1, 0.15) is 0 Å². The second-order valence-corrected chi connectivity index (χ2v) is 3.35. The molecule has 0 spiro atoms. The minimum Gasteiger partial charge on any atom is -0.666 e. The Morgan fingerprint density at radius 2 is 0.800 bits per heavy atom. The van der Waals surface area contributed by atoms with E-state index < -0.39 is 16.2 Å². The minimum absolute atomic E-state index is 1.71. The highest BCUT2D eigenvalue weighted by Gasteiger charge is 1.96. The first-order valence-corrected chi connectivity index (χ1v) is 4.69. The second-order valence-electron chi connectivity index (χ2n) is 1.12. The van der Waals surface area contributed by atoms with Gasteiger partial charge >= 0.3 is 0 Å². The van der Waals surface area contributed by atoms with E-state index in [4.69, 9.17) is 0 Å². The highest BCUT2D eigenvalue weighted by Crippen LogP contribution is 2.38. The Balaban J connectivity index is 4.01. The zero-order chi connectivity index (χ0) is 8.41. The van der Waals surface area contributed by atoms with Gasteiger partial charge in [-0.15, -0.1) is 0 Å². The molecular formula is N2O6P2-4. The molecule has 0 aliphatic carbocycles. The molecule has 0 N–H and O–H groups in total. The normalized spacial score (nSPS) is 14.6. The van der Waals surface area contributed by atoms with Gasteiger partial charge in [0, 0.05) is 16.2 Å². The summed E-state index contributed by atoms with van der Waals surface area (Å²) in [6.45, 7) is 0. The van der Waals surface area contributed by atoms with E-state index in [1.807, 2.05) is 0 Å². The first kappa shape index (κ1) is 10.2. The van der Waals surface area contributed by atoms with Crippen LogP contribution < -0.4 is 29.4 Å². The summed E-state index contributed by atoms with van der Waals surface area (Å²) in [5.41, 5.74) is 0. The number of rotatable bonds is 2. The molecule has 0 radical (unpaired) electrons. The van der Waals surface area contributed by atoms with Crippen LogP contribution in [-0.2, 0) is 0 Å². The van der Waals surface area contributed by atoms with Crippen molar-refractivity contribution in [1.29, 1.82) is 0 Å². The number of hydrogen-bond acceptors (Lipinski definition) is 8. The largest absolute Gasteiger partial charge is 0.666 e. The fraction of sp³-hybridized carbons (Fsp3) is 0. The van der Waals surface area contributed by atoms with Gasteiger partial charge in [0.05, 0.1) is 0 Å². The van der Waals surface area contributed by atoms with E-state index in [2.05, 4.69) is 0 Å². The van der Waals surface area contributed by atoms with Crippen molar-refractivity contribution < 1.29 is 29.4 Å². The maximum Gasteiger partial charge on any atom is 0.00934 e. The zero-order valence-corrected chi connectivity index (χ0v) is 6.03. The molecule has 0 rings (SSSR count). The lowest BCUT2D eigenvalue weighted by Gasteiger charge is -2.36. The number of nitrogens with zero attached hydrogens (tertiary/aromatic N) is 2. The van der Waals surface area contributed by atoms with Gasteiger partial charge in [0.25, 0.3) is 0 Å². The summed E-state index contributed by atoms with van der Waals surface area (Å²) in [6.07, 6.45) is 0. The predicted molar refractivity (Wildman–Crippen MR) is 18.7 cm³/mol. The van der Waals surface area contributed by atoms with Crippen molar-refractivity contribution in [2.75, 3.05) is 0 Å². The van der Waals surface area contributed by atoms with Crippen LogP contribution in [0.3, 0.4) is 0 Å². The first-order chi connectivity index (χ1) is 4.21. The standard InChI is InChI=1S/H4N2O6P2/c3-9(4,5)1-2-10(6,7)8/h(H2,3,4,5)(H2,6,7,8)/p-4. The Kier molecular flexibility index (Phi) is 3.15. The summed E-state index contributed by atoms with van der Waals surface area (Å²) in [4.78, 5) is 60.4. The lowest BCUT2D eigenvalue weighted by Crippen LogP contribution is -2.33. The fourth-order valence-corrected chi connectivity index (χ4v) is 0.882. The van der Waals surface area contributed by atoms with Gasteiger partial charge in [-0.2, -0.15) is 0 Å². The molecule has 0 saturated heterocycles. The van der Waals surface area contributed by atoms with Crippen molar-refractivity contribution in [3.63, 3.8) is 0 Å². The average Bonchev–Trinajstić information content (AvgIpc) is 1.57. The molecule has 0 aromatic heterocycles. The third kappa shape index (κ3) is 8.22. The summed E-state index contributed by atoms with van der Waals surface area (Å²) in [6, 6.07) is 0. The third-order valence-electron chi connectivity index (χ3n) is 0.259. The minimum atomic E-state index is -5.38. The molecule has 8 nitrogen and oxygen atoms in total. The molecule has 0 heterocycles. The van der Waals surface area contributed by atoms with E-state index in [0.29, 0.717) is 0 Å². The van der Waals surface area contributed by atoms with Gasteiger partial charge < -0.3 is 29.4 Å². The SMILES string of the molecule is [O-][P+]([O-])([O-])N=N[P+]([O-])([O-])[O-]. The van der Waals surface area contributed by atoms with Crippen LogP contribution in [0.25, 0.3) is 0 Å². The van der Waals surface area contributed by atoms with Gasteiger partial charge in [-0.05, 0) is 9.77 Å². The van der Waals surface area contributed by atoms with Gasteiger partial charge in [0.15, 0.2) is 0 Å². The van der Waals surface area contributed by atoms with E-state index in [-0.39, 0.29) is 0 Å². The molecule has 0 bridgehead atoms. The lowest BCUT2D eigenvalue weighted by molar-refractivity contribution is -0.435. The average molecular weight is 186 g/mol. The topological polar surface area (TPSA) is 163 Å². The Morgan fingerprint density at radius 1 is 0.600 bits per heavy atom. The molecular weight excluding hydrogens is 186 g/mol. The maximum atomic E-state index is 9.49. The van der Waals surface area contributed by atoms with Crippen LogP contribution in [0.15, 0.2) is 9.77 Å². The van der Waals surface area contributed by atoms with E-state index in [1.165, 1.54) is 0 Å². The Labute approximate surface area is 56.4 Å². The van der Waals surface area contributed by atoms with E-state index in [9.17, 15) is 29.4 Å². The van der Waals surface area contributed by atoms with Gasteiger partial charge in [-0.1, -0.05) is 0 Å². The summed E-state index contributed by atoms with van der Waals surface area (Å²) >= 11 is 0. The molecule has 0 aliphatic heterocycles. The molecule has 0 aromatic rings. The van der Waals surface area contributed by atoms with Gasteiger partial charge in [-0.3, -0.25) is 0 Å². The second kappa shape index (κ2) is 3.08. The fourth-order valence-electron chi connectivity index (χ4n) is 0.0980. The highest BCUT2D eigenvalue weighted by molar-refractivity contribution is 7.55. The predicted octanol–water partition coefficient (Wildman–Crippen LogP) is -5.04. The summed E-state index contributed by atoms with van der Waals surface area (Å²) in [7, 11) is -10.8. The van der Waals surface area contributed by atoms with Crippen LogP contribution in [0, 0.1) is 0 Å². The van der Waals surface area contributed by atoms with Crippen molar-refractivity contribution in [1.82, 2.24) is 0 Å². The van der Waals surface area contributed by atoms with Gasteiger partial charge in [0.2, 0.25) is 0 Å². The Hall–Kier alpha value is 0.220. The molecule has 0 saturated carbocycles. The molecule has 10 heavy (non-hydrogen) atoms. The first-order valence-electron chi connectivity index (χ1n) is 1.70. The smallest absolute Gasteiger partial charge is 0.00934 e. The van der Waals surface area contributed by atoms with Crippen molar-refractivity contribution in [3.8, 4) is 0 Å². The van der Waals surface area contributed by atoms with Crippen molar-refractivity contribution in [2.45, 2.75) is 0 Å². The highest BCUT2D eigenvalue weighted by atomic mass is 31.2. The van der Waals surface area contributed by atoms with Gasteiger partial charge in [0.1, 0.15) is 0 Å². The summed E-state index contributed by atoms with van der Waals surface area (Å²) in [5, 5.41) is 0. The Morgan fingerprint density at radius 3 is 0.900 bits per heavy atom. The van der Waals surface area contributed by atoms with Crippen LogP contribution in [-0.4, -0.2) is 0 Å². The molecule has 10 heteroatoms. The van der Waals surface area contributed by atoms with Crippen LogP contribution >= 0.6 is 16.2 Å². The van der Waals surface area contributed by atoms with E-state index >= 15 is 0 Å². The summed E-state index contributed by atoms with van der Waals surface area (Å²) in [5.74, 6) is 0. The zero-order valence-electron chi connectivity index (χ0n) is 4.24. The van der Waals surface area contributed by atoms with Crippen LogP contribution in [0.4, 0.5) is 0 Å². The molecule has 0 fully saturated rings. The van der Waals surface area contributed by atoms with Gasteiger partial charge in [-0.25, -0.2) is 0 Å². The van der Waals surface area contributed by atoms with Crippen molar-refractivity contribution in [2.24, 2.45) is 9.77 Å². The molecule has 0 aliphatic rings. The molecule has 0 aromatic carbocycles.